The van der Waals surface area contributed by atoms with Crippen molar-refractivity contribution in [2.24, 2.45) is 0 Å². The number of pyridine rings is 1. The number of hydrogen-bond acceptors (Lipinski definition) is 6. The molecule has 2 heterocycles. The standard InChI is InChI=1S/C26H27Cl2N3O3/c1-18(2)33-26(32)22-4-3-11-29-25(22)31-14-12-30(13-15-31)17-19-5-8-21(9-6-19)34-24-10-7-20(27)16-23(24)28/h3-11,16,18H,12-15,17H2,1-2H3. The van der Waals surface area contributed by atoms with Crippen molar-refractivity contribution >= 4 is 35.0 Å². The van der Waals surface area contributed by atoms with Crippen LogP contribution >= 0.6 is 23.2 Å². The van der Waals surface area contributed by atoms with Crippen LogP contribution in [0.2, 0.25) is 10.0 Å². The van der Waals surface area contributed by atoms with E-state index < -0.39 is 0 Å². The SMILES string of the molecule is CC(C)OC(=O)c1cccnc1N1CCN(Cc2ccc(Oc3ccc(Cl)cc3Cl)cc2)CC1. The molecule has 0 aliphatic carbocycles. The van der Waals surface area contributed by atoms with Gasteiger partial charge in [0, 0.05) is 43.9 Å². The molecule has 0 saturated carbocycles. The highest BCUT2D eigenvalue weighted by atomic mass is 35.5. The van der Waals surface area contributed by atoms with Crippen LogP contribution in [-0.2, 0) is 11.3 Å². The fourth-order valence-corrected chi connectivity index (χ4v) is 4.26. The van der Waals surface area contributed by atoms with Crippen LogP contribution in [0.4, 0.5) is 5.82 Å². The van der Waals surface area contributed by atoms with Gasteiger partial charge in [0.2, 0.25) is 0 Å². The highest BCUT2D eigenvalue weighted by Gasteiger charge is 2.23. The summed E-state index contributed by atoms with van der Waals surface area (Å²) in [6.45, 7) is 7.84. The number of nitrogens with zero attached hydrogens (tertiary/aromatic N) is 3. The second-order valence-corrected chi connectivity index (χ2v) is 9.26. The minimum absolute atomic E-state index is 0.169. The maximum absolute atomic E-state index is 12.5. The summed E-state index contributed by atoms with van der Waals surface area (Å²) in [4.78, 5) is 21.5. The molecule has 1 aromatic heterocycles. The number of hydrogen-bond donors (Lipinski definition) is 0. The Morgan fingerprint density at radius 2 is 1.76 bits per heavy atom. The number of esters is 1. The molecule has 3 aromatic rings. The predicted molar refractivity (Wildman–Crippen MR) is 135 cm³/mol. The zero-order chi connectivity index (χ0) is 24.1. The summed E-state index contributed by atoms with van der Waals surface area (Å²) >= 11 is 12.1. The Kier molecular flexibility index (Phi) is 7.93. The zero-order valence-corrected chi connectivity index (χ0v) is 20.7. The van der Waals surface area contributed by atoms with E-state index >= 15 is 0 Å². The monoisotopic (exact) mass is 499 g/mol. The summed E-state index contributed by atoms with van der Waals surface area (Å²) in [6, 6.07) is 16.7. The van der Waals surface area contributed by atoms with Crippen molar-refractivity contribution in [2.45, 2.75) is 26.5 Å². The van der Waals surface area contributed by atoms with Gasteiger partial charge < -0.3 is 14.4 Å². The van der Waals surface area contributed by atoms with Crippen LogP contribution < -0.4 is 9.64 Å². The normalized spacial score (nSPS) is 14.3. The average molecular weight is 500 g/mol. The molecule has 4 rings (SSSR count). The number of rotatable bonds is 7. The lowest BCUT2D eigenvalue weighted by Crippen LogP contribution is -2.46. The van der Waals surface area contributed by atoms with Gasteiger partial charge in [-0.3, -0.25) is 4.90 Å². The van der Waals surface area contributed by atoms with Gasteiger partial charge in [0.1, 0.15) is 22.9 Å². The molecule has 2 aromatic carbocycles. The Balaban J connectivity index is 1.33. The van der Waals surface area contributed by atoms with E-state index in [0.29, 0.717) is 32.9 Å². The van der Waals surface area contributed by atoms with E-state index in [1.54, 1.807) is 36.5 Å². The summed E-state index contributed by atoms with van der Waals surface area (Å²) in [5, 5.41) is 1.05. The molecule has 8 heteroatoms. The number of ether oxygens (including phenoxy) is 2. The first-order chi connectivity index (χ1) is 16.4. The van der Waals surface area contributed by atoms with E-state index in [4.69, 9.17) is 32.7 Å². The molecule has 0 N–H and O–H groups in total. The first-order valence-corrected chi connectivity index (χ1v) is 12.0. The number of halogens is 2. The Morgan fingerprint density at radius 1 is 1.03 bits per heavy atom. The van der Waals surface area contributed by atoms with Gasteiger partial charge in [0.05, 0.1) is 11.1 Å². The van der Waals surface area contributed by atoms with Gasteiger partial charge in [-0.15, -0.1) is 0 Å². The zero-order valence-electron chi connectivity index (χ0n) is 19.2. The van der Waals surface area contributed by atoms with Crippen LogP contribution in [0.15, 0.2) is 60.8 Å². The van der Waals surface area contributed by atoms with E-state index in [-0.39, 0.29) is 12.1 Å². The van der Waals surface area contributed by atoms with Crippen molar-refractivity contribution in [1.29, 1.82) is 0 Å². The quantitative estimate of drug-likeness (QED) is 0.367. The van der Waals surface area contributed by atoms with E-state index in [1.807, 2.05) is 26.0 Å². The maximum Gasteiger partial charge on any atom is 0.342 e. The summed E-state index contributed by atoms with van der Waals surface area (Å²) in [5.41, 5.74) is 1.71. The molecule has 1 fully saturated rings. The van der Waals surface area contributed by atoms with Crippen molar-refractivity contribution < 1.29 is 14.3 Å². The molecular formula is C26H27Cl2N3O3. The van der Waals surface area contributed by atoms with Gasteiger partial charge in [-0.1, -0.05) is 35.3 Å². The number of carbonyl (C=O) groups is 1. The van der Waals surface area contributed by atoms with Crippen molar-refractivity contribution in [3.8, 4) is 11.5 Å². The third kappa shape index (κ3) is 6.20. The van der Waals surface area contributed by atoms with Crippen LogP contribution in [0.3, 0.4) is 0 Å². The van der Waals surface area contributed by atoms with Crippen LogP contribution in [0.5, 0.6) is 11.5 Å². The molecule has 0 spiro atoms. The smallest absolute Gasteiger partial charge is 0.342 e. The Labute approximate surface area is 210 Å². The average Bonchev–Trinajstić information content (AvgIpc) is 2.82. The molecule has 0 atom stereocenters. The number of carbonyl (C=O) groups excluding carboxylic acids is 1. The molecule has 1 saturated heterocycles. The van der Waals surface area contributed by atoms with Gasteiger partial charge in [-0.05, 0) is 61.9 Å². The Hall–Kier alpha value is -2.80. The van der Waals surface area contributed by atoms with Gasteiger partial charge in [-0.25, -0.2) is 9.78 Å². The third-order valence-corrected chi connectivity index (χ3v) is 6.00. The molecule has 6 nitrogen and oxygen atoms in total. The Morgan fingerprint density at radius 3 is 2.44 bits per heavy atom. The Bertz CT molecular complexity index is 1130. The van der Waals surface area contributed by atoms with E-state index in [9.17, 15) is 4.79 Å². The fraction of sp³-hybridized carbons (Fsp3) is 0.308. The molecule has 34 heavy (non-hydrogen) atoms. The summed E-state index contributed by atoms with van der Waals surface area (Å²) < 4.78 is 11.3. The number of aromatic nitrogens is 1. The van der Waals surface area contributed by atoms with Crippen molar-refractivity contribution in [2.75, 3.05) is 31.1 Å². The first kappa shape index (κ1) is 24.3. The van der Waals surface area contributed by atoms with E-state index in [2.05, 4.69) is 26.9 Å². The molecule has 0 unspecified atom stereocenters. The molecule has 1 aliphatic rings. The maximum atomic E-state index is 12.5. The van der Waals surface area contributed by atoms with Crippen LogP contribution in [-0.4, -0.2) is 48.1 Å². The second kappa shape index (κ2) is 11.1. The first-order valence-electron chi connectivity index (χ1n) is 11.2. The predicted octanol–water partition coefficient (Wildman–Crippen LogP) is 6.07. The summed E-state index contributed by atoms with van der Waals surface area (Å²) in [7, 11) is 0. The fourth-order valence-electron chi connectivity index (χ4n) is 3.81. The number of anilines is 1. The van der Waals surface area contributed by atoms with Gasteiger partial charge in [-0.2, -0.15) is 0 Å². The molecule has 0 amide bonds. The molecule has 0 bridgehead atoms. The van der Waals surface area contributed by atoms with E-state index in [1.165, 1.54) is 5.56 Å². The molecular weight excluding hydrogens is 473 g/mol. The molecule has 178 valence electrons. The van der Waals surface area contributed by atoms with Crippen LogP contribution in [0.1, 0.15) is 29.8 Å². The molecule has 0 radical (unpaired) electrons. The number of benzene rings is 2. The second-order valence-electron chi connectivity index (χ2n) is 8.41. The van der Waals surface area contributed by atoms with Crippen LogP contribution in [0.25, 0.3) is 0 Å². The lowest BCUT2D eigenvalue weighted by molar-refractivity contribution is 0.0378. The third-order valence-electron chi connectivity index (χ3n) is 5.47. The topological polar surface area (TPSA) is 54.9 Å². The highest BCUT2D eigenvalue weighted by molar-refractivity contribution is 6.35. The van der Waals surface area contributed by atoms with Crippen molar-refractivity contribution in [3.05, 3.63) is 82.0 Å². The minimum atomic E-state index is -0.331. The highest BCUT2D eigenvalue weighted by Crippen LogP contribution is 2.31. The van der Waals surface area contributed by atoms with Gasteiger partial charge in [0.15, 0.2) is 0 Å². The van der Waals surface area contributed by atoms with Crippen molar-refractivity contribution in [1.82, 2.24) is 9.88 Å². The van der Waals surface area contributed by atoms with Gasteiger partial charge in [0.25, 0.3) is 0 Å². The van der Waals surface area contributed by atoms with Gasteiger partial charge >= 0.3 is 5.97 Å². The van der Waals surface area contributed by atoms with E-state index in [0.717, 1.165) is 32.7 Å². The largest absolute Gasteiger partial charge is 0.459 e. The lowest BCUT2D eigenvalue weighted by atomic mass is 10.1. The van der Waals surface area contributed by atoms with Crippen LogP contribution in [0, 0.1) is 0 Å². The number of piperazine rings is 1. The lowest BCUT2D eigenvalue weighted by Gasteiger charge is -2.36. The minimum Gasteiger partial charge on any atom is -0.459 e. The molecule has 1 aliphatic heterocycles. The summed E-state index contributed by atoms with van der Waals surface area (Å²) in [5.74, 6) is 1.65. The summed E-state index contributed by atoms with van der Waals surface area (Å²) in [6.07, 6.45) is 1.55. The van der Waals surface area contributed by atoms with Crippen molar-refractivity contribution in [3.63, 3.8) is 0 Å².